The van der Waals surface area contributed by atoms with Gasteiger partial charge >= 0.3 is 0 Å². The number of rotatable bonds is 5. The molecule has 0 aliphatic heterocycles. The zero-order valence-electron chi connectivity index (χ0n) is 11.1. The lowest BCUT2D eigenvalue weighted by Crippen LogP contribution is -2.13. The van der Waals surface area contributed by atoms with E-state index in [1.165, 1.54) is 14.2 Å². The molecule has 4 nitrogen and oxygen atoms in total. The van der Waals surface area contributed by atoms with Gasteiger partial charge < -0.3 is 14.6 Å². The van der Waals surface area contributed by atoms with Gasteiger partial charge in [0.05, 0.1) is 19.8 Å². The van der Waals surface area contributed by atoms with Gasteiger partial charge in [-0.1, -0.05) is 12.2 Å². The summed E-state index contributed by atoms with van der Waals surface area (Å²) in [5, 5.41) is 9.64. The SMILES string of the molecule is COc1cc(C=O)c(/C=C/C(C)(C)O)cc1OC. The molecule has 0 spiro atoms. The maximum absolute atomic E-state index is 11.0. The van der Waals surface area contributed by atoms with Gasteiger partial charge in [0.15, 0.2) is 17.8 Å². The molecule has 0 radical (unpaired) electrons. The molecule has 1 N–H and O–H groups in total. The van der Waals surface area contributed by atoms with Crippen molar-refractivity contribution in [3.05, 3.63) is 29.3 Å². The lowest BCUT2D eigenvalue weighted by Gasteiger charge is -2.12. The van der Waals surface area contributed by atoms with Gasteiger partial charge in [-0.15, -0.1) is 0 Å². The van der Waals surface area contributed by atoms with Crippen LogP contribution >= 0.6 is 0 Å². The Bertz CT molecular complexity index is 456. The predicted molar refractivity (Wildman–Crippen MR) is 70.3 cm³/mol. The normalized spacial score (nSPS) is 11.6. The van der Waals surface area contributed by atoms with Crippen molar-refractivity contribution in [1.82, 2.24) is 0 Å². The fourth-order valence-corrected chi connectivity index (χ4v) is 1.45. The van der Waals surface area contributed by atoms with Crippen molar-refractivity contribution in [2.75, 3.05) is 14.2 Å². The second-order valence-corrected chi connectivity index (χ2v) is 4.44. The van der Waals surface area contributed by atoms with E-state index < -0.39 is 5.60 Å². The molecule has 0 saturated carbocycles. The summed E-state index contributed by atoms with van der Waals surface area (Å²) in [4.78, 5) is 11.0. The lowest BCUT2D eigenvalue weighted by molar-refractivity contribution is 0.112. The van der Waals surface area contributed by atoms with E-state index in [-0.39, 0.29) is 0 Å². The summed E-state index contributed by atoms with van der Waals surface area (Å²) in [7, 11) is 3.04. The zero-order chi connectivity index (χ0) is 13.8. The fraction of sp³-hybridized carbons (Fsp3) is 0.357. The Balaban J connectivity index is 3.26. The molecule has 0 aliphatic carbocycles. The highest BCUT2D eigenvalue weighted by Gasteiger charge is 2.11. The van der Waals surface area contributed by atoms with Gasteiger partial charge in [-0.3, -0.25) is 4.79 Å². The molecule has 1 rings (SSSR count). The molecule has 1 aromatic carbocycles. The van der Waals surface area contributed by atoms with Gasteiger partial charge in [-0.05, 0) is 31.5 Å². The van der Waals surface area contributed by atoms with Crippen LogP contribution in [0.1, 0.15) is 29.8 Å². The van der Waals surface area contributed by atoms with Crippen LogP contribution in [0.3, 0.4) is 0 Å². The van der Waals surface area contributed by atoms with E-state index in [2.05, 4.69) is 0 Å². The minimum atomic E-state index is -0.937. The van der Waals surface area contributed by atoms with Crippen LogP contribution in [0.25, 0.3) is 6.08 Å². The third kappa shape index (κ3) is 3.60. The highest BCUT2D eigenvalue weighted by molar-refractivity contribution is 5.83. The number of ether oxygens (including phenoxy) is 2. The molecule has 0 fully saturated rings. The molecule has 4 heteroatoms. The highest BCUT2D eigenvalue weighted by Crippen LogP contribution is 2.30. The molecular formula is C14H18O4. The number of carbonyl (C=O) groups is 1. The molecule has 0 aliphatic rings. The molecular weight excluding hydrogens is 232 g/mol. The van der Waals surface area contributed by atoms with Gasteiger partial charge in [0.25, 0.3) is 0 Å². The molecule has 18 heavy (non-hydrogen) atoms. The van der Waals surface area contributed by atoms with Crippen molar-refractivity contribution in [3.63, 3.8) is 0 Å². The minimum Gasteiger partial charge on any atom is -0.493 e. The van der Waals surface area contributed by atoms with Crippen LogP contribution in [0.5, 0.6) is 11.5 Å². The number of aldehydes is 1. The largest absolute Gasteiger partial charge is 0.493 e. The first kappa shape index (κ1) is 14.3. The van der Waals surface area contributed by atoms with Gasteiger partial charge in [-0.2, -0.15) is 0 Å². The van der Waals surface area contributed by atoms with Crippen molar-refractivity contribution < 1.29 is 19.4 Å². The van der Waals surface area contributed by atoms with Crippen LogP contribution in [0, 0.1) is 0 Å². The molecule has 1 aromatic rings. The lowest BCUT2D eigenvalue weighted by atomic mass is 10.0. The van der Waals surface area contributed by atoms with Crippen LogP contribution in [-0.4, -0.2) is 31.2 Å². The highest BCUT2D eigenvalue weighted by atomic mass is 16.5. The predicted octanol–water partition coefficient (Wildman–Crippen LogP) is 2.30. The number of hydrogen-bond donors (Lipinski definition) is 1. The van der Waals surface area contributed by atoms with E-state index in [0.29, 0.717) is 22.6 Å². The third-order valence-electron chi connectivity index (χ3n) is 2.39. The number of benzene rings is 1. The monoisotopic (exact) mass is 250 g/mol. The van der Waals surface area contributed by atoms with Gasteiger partial charge in [-0.25, -0.2) is 0 Å². The van der Waals surface area contributed by atoms with E-state index in [0.717, 1.165) is 6.29 Å². The minimum absolute atomic E-state index is 0.480. The maximum Gasteiger partial charge on any atom is 0.161 e. The Hall–Kier alpha value is -1.81. The van der Waals surface area contributed by atoms with Crippen LogP contribution in [0.2, 0.25) is 0 Å². The van der Waals surface area contributed by atoms with Crippen LogP contribution in [0.4, 0.5) is 0 Å². The van der Waals surface area contributed by atoms with Crippen molar-refractivity contribution >= 4 is 12.4 Å². The summed E-state index contributed by atoms with van der Waals surface area (Å²) < 4.78 is 10.3. The summed E-state index contributed by atoms with van der Waals surface area (Å²) in [5.74, 6) is 1.04. The van der Waals surface area contributed by atoms with Crippen molar-refractivity contribution in [2.45, 2.75) is 19.4 Å². The van der Waals surface area contributed by atoms with Crippen LogP contribution in [0.15, 0.2) is 18.2 Å². The van der Waals surface area contributed by atoms with E-state index >= 15 is 0 Å². The number of aliphatic hydroxyl groups is 1. The molecule has 0 unspecified atom stereocenters. The van der Waals surface area contributed by atoms with Crippen molar-refractivity contribution in [3.8, 4) is 11.5 Å². The van der Waals surface area contributed by atoms with E-state index in [1.807, 2.05) is 0 Å². The molecule has 0 amide bonds. The van der Waals surface area contributed by atoms with Crippen LogP contribution in [-0.2, 0) is 0 Å². The standard InChI is InChI=1S/C14H18O4/c1-14(2,16)6-5-10-7-12(17-3)13(18-4)8-11(10)9-15/h5-9,16H,1-4H3/b6-5+. The van der Waals surface area contributed by atoms with Crippen LogP contribution < -0.4 is 9.47 Å². The number of carbonyl (C=O) groups excluding carboxylic acids is 1. The fourth-order valence-electron chi connectivity index (χ4n) is 1.45. The molecule has 0 atom stereocenters. The molecule has 0 saturated heterocycles. The summed E-state index contributed by atoms with van der Waals surface area (Å²) in [5.41, 5.74) is 0.214. The third-order valence-corrected chi connectivity index (χ3v) is 2.39. The van der Waals surface area contributed by atoms with Gasteiger partial charge in [0.1, 0.15) is 0 Å². The molecule has 0 aromatic heterocycles. The Morgan fingerprint density at radius 2 is 1.61 bits per heavy atom. The number of hydrogen-bond acceptors (Lipinski definition) is 4. The summed E-state index contributed by atoms with van der Waals surface area (Å²) in [6.07, 6.45) is 4.04. The summed E-state index contributed by atoms with van der Waals surface area (Å²) >= 11 is 0. The maximum atomic E-state index is 11.0. The Labute approximate surface area is 107 Å². The summed E-state index contributed by atoms with van der Waals surface area (Å²) in [6, 6.07) is 3.31. The number of methoxy groups -OCH3 is 2. The quantitative estimate of drug-likeness (QED) is 0.815. The Kier molecular flexibility index (Phi) is 4.50. The molecule has 98 valence electrons. The van der Waals surface area contributed by atoms with E-state index in [9.17, 15) is 9.90 Å². The van der Waals surface area contributed by atoms with Gasteiger partial charge in [0, 0.05) is 5.56 Å². The Morgan fingerprint density at radius 3 is 2.00 bits per heavy atom. The topological polar surface area (TPSA) is 55.8 Å². The average Bonchev–Trinajstić information content (AvgIpc) is 2.34. The molecule has 0 heterocycles. The van der Waals surface area contributed by atoms with Crippen molar-refractivity contribution in [2.24, 2.45) is 0 Å². The van der Waals surface area contributed by atoms with E-state index in [4.69, 9.17) is 9.47 Å². The molecule has 0 bridgehead atoms. The van der Waals surface area contributed by atoms with Gasteiger partial charge in [0.2, 0.25) is 0 Å². The zero-order valence-corrected chi connectivity index (χ0v) is 11.1. The van der Waals surface area contributed by atoms with E-state index in [1.54, 1.807) is 38.1 Å². The first-order valence-electron chi connectivity index (χ1n) is 5.54. The summed E-state index contributed by atoms with van der Waals surface area (Å²) in [6.45, 7) is 3.32. The first-order valence-corrected chi connectivity index (χ1v) is 5.54. The second kappa shape index (κ2) is 5.69. The Morgan fingerprint density at radius 1 is 1.11 bits per heavy atom. The van der Waals surface area contributed by atoms with Crippen molar-refractivity contribution in [1.29, 1.82) is 0 Å². The average molecular weight is 250 g/mol. The smallest absolute Gasteiger partial charge is 0.161 e. The second-order valence-electron chi connectivity index (χ2n) is 4.44. The first-order chi connectivity index (χ1) is 8.41.